The summed E-state index contributed by atoms with van der Waals surface area (Å²) in [5.41, 5.74) is 4.48. The molecule has 2 aromatic carbocycles. The molecule has 0 aliphatic carbocycles. The number of para-hydroxylation sites is 1. The van der Waals surface area contributed by atoms with Crippen LogP contribution in [0.4, 0.5) is 5.69 Å². The molecule has 2 aliphatic heterocycles. The number of carbonyl (C=O) groups excluding carboxylic acids is 3. The molecule has 0 bridgehead atoms. The van der Waals surface area contributed by atoms with Crippen molar-refractivity contribution in [1.82, 2.24) is 10.3 Å². The maximum absolute atomic E-state index is 13.0. The molecule has 2 saturated heterocycles. The average Bonchev–Trinajstić information content (AvgIpc) is 3.18. The first-order valence-electron chi connectivity index (χ1n) is 11.8. The number of morpholine rings is 1. The Bertz CT molecular complexity index is 1170. The number of allylic oxidation sites excluding steroid dienone is 1. The van der Waals surface area contributed by atoms with Crippen molar-refractivity contribution in [3.8, 4) is 11.5 Å². The summed E-state index contributed by atoms with van der Waals surface area (Å²) < 4.78 is 17.1. The lowest BCUT2D eigenvalue weighted by atomic mass is 10.0. The van der Waals surface area contributed by atoms with E-state index in [9.17, 15) is 14.4 Å². The molecule has 9 heteroatoms. The molecule has 0 atom stereocenters. The molecule has 36 heavy (non-hydrogen) atoms. The number of carbonyl (C=O) groups is 3. The summed E-state index contributed by atoms with van der Waals surface area (Å²) in [4.78, 5) is 39.9. The molecule has 0 saturated carbocycles. The lowest BCUT2D eigenvalue weighted by molar-refractivity contribution is -0.137. The molecule has 9 nitrogen and oxygen atoms in total. The van der Waals surface area contributed by atoms with Crippen LogP contribution in [0.1, 0.15) is 18.1 Å². The van der Waals surface area contributed by atoms with E-state index < -0.39 is 11.8 Å². The quantitative estimate of drug-likeness (QED) is 0.329. The van der Waals surface area contributed by atoms with Crippen LogP contribution >= 0.6 is 0 Å². The van der Waals surface area contributed by atoms with E-state index in [0.717, 1.165) is 5.56 Å². The Morgan fingerprint density at radius 1 is 1.14 bits per heavy atom. The highest BCUT2D eigenvalue weighted by Gasteiger charge is 2.34. The highest BCUT2D eigenvalue weighted by molar-refractivity contribution is 6.31. The zero-order valence-corrected chi connectivity index (χ0v) is 20.2. The molecule has 1 N–H and O–H groups in total. The fraction of sp³-hybridized carbons (Fsp3) is 0.296. The van der Waals surface area contributed by atoms with Crippen LogP contribution in [0.2, 0.25) is 0 Å². The first-order valence-corrected chi connectivity index (χ1v) is 11.8. The van der Waals surface area contributed by atoms with Gasteiger partial charge >= 0.3 is 0 Å². The van der Waals surface area contributed by atoms with Gasteiger partial charge in [-0.05, 0) is 49.2 Å². The highest BCUT2D eigenvalue weighted by Crippen LogP contribution is 2.35. The Morgan fingerprint density at radius 2 is 1.89 bits per heavy atom. The second kappa shape index (κ2) is 11.5. The molecule has 188 valence electrons. The van der Waals surface area contributed by atoms with Crippen molar-refractivity contribution < 1.29 is 28.6 Å². The Labute approximate surface area is 209 Å². The topological polar surface area (TPSA) is 97.4 Å². The molecular formula is C27H29N3O6. The molecule has 2 aromatic rings. The molecule has 2 heterocycles. The molecule has 4 rings (SSSR count). The van der Waals surface area contributed by atoms with Gasteiger partial charge in [-0.15, -0.1) is 6.58 Å². The molecule has 0 radical (unpaired) electrons. The zero-order valence-electron chi connectivity index (χ0n) is 20.2. The standard InChI is InChI=1S/C27H29N3O6/c1-3-8-20-15-19(16-22-26(32)28-30(27(22)33)21-9-6-5-7-10-21)17-23(35-4-2)25(20)36-18-24(31)29-11-13-34-14-12-29/h3,5-7,9-10,15-17H,1,4,8,11-14,18H2,2H3,(H,28,32). The number of hydrazine groups is 1. The van der Waals surface area contributed by atoms with Crippen molar-refractivity contribution in [1.29, 1.82) is 0 Å². The molecule has 0 spiro atoms. The van der Waals surface area contributed by atoms with Crippen LogP contribution in [0.5, 0.6) is 11.5 Å². The third kappa shape index (κ3) is 5.58. The Morgan fingerprint density at radius 3 is 2.58 bits per heavy atom. The van der Waals surface area contributed by atoms with Crippen LogP contribution < -0.4 is 19.9 Å². The lowest BCUT2D eigenvalue weighted by Gasteiger charge is -2.27. The van der Waals surface area contributed by atoms with Crippen molar-refractivity contribution in [2.24, 2.45) is 0 Å². The van der Waals surface area contributed by atoms with Gasteiger partial charge in [0.1, 0.15) is 5.57 Å². The van der Waals surface area contributed by atoms with Crippen molar-refractivity contribution in [3.05, 3.63) is 71.8 Å². The Kier molecular flexibility index (Phi) is 8.02. The largest absolute Gasteiger partial charge is 0.490 e. The molecule has 0 aromatic heterocycles. The summed E-state index contributed by atoms with van der Waals surface area (Å²) >= 11 is 0. The van der Waals surface area contributed by atoms with Crippen LogP contribution in [0.15, 0.2) is 60.7 Å². The van der Waals surface area contributed by atoms with Gasteiger partial charge in [-0.25, -0.2) is 5.01 Å². The number of hydrogen-bond donors (Lipinski definition) is 1. The Balaban J connectivity index is 1.61. The number of hydrogen-bond acceptors (Lipinski definition) is 6. The monoisotopic (exact) mass is 491 g/mol. The van der Waals surface area contributed by atoms with Gasteiger partial charge in [-0.3, -0.25) is 19.8 Å². The van der Waals surface area contributed by atoms with E-state index in [1.54, 1.807) is 47.4 Å². The first kappa shape index (κ1) is 25.0. The second-order valence-electron chi connectivity index (χ2n) is 8.19. The summed E-state index contributed by atoms with van der Waals surface area (Å²) in [6, 6.07) is 12.4. The third-order valence-corrected chi connectivity index (χ3v) is 5.74. The molecular weight excluding hydrogens is 462 g/mol. The smallest absolute Gasteiger partial charge is 0.282 e. The third-order valence-electron chi connectivity index (χ3n) is 5.74. The van der Waals surface area contributed by atoms with Gasteiger partial charge in [0, 0.05) is 18.7 Å². The summed E-state index contributed by atoms with van der Waals surface area (Å²) in [5, 5.41) is 1.22. The van der Waals surface area contributed by atoms with Gasteiger partial charge in [0.15, 0.2) is 18.1 Å². The normalized spacial score (nSPS) is 16.8. The average molecular weight is 492 g/mol. The van der Waals surface area contributed by atoms with E-state index >= 15 is 0 Å². The number of amides is 3. The van der Waals surface area contributed by atoms with Gasteiger partial charge in [-0.1, -0.05) is 24.3 Å². The van der Waals surface area contributed by atoms with Crippen molar-refractivity contribution >= 4 is 29.5 Å². The number of nitrogens with zero attached hydrogens (tertiary/aromatic N) is 2. The Hall–Kier alpha value is -4.11. The minimum absolute atomic E-state index is 0.00187. The van der Waals surface area contributed by atoms with Gasteiger partial charge < -0.3 is 19.1 Å². The molecule has 2 fully saturated rings. The number of ether oxygens (including phenoxy) is 3. The SMILES string of the molecule is C=CCc1cc(C=C2C(=O)NN(c3ccccc3)C2=O)cc(OCC)c1OCC(=O)N1CCOCC1. The van der Waals surface area contributed by atoms with Gasteiger partial charge in [-0.2, -0.15) is 0 Å². The van der Waals surface area contributed by atoms with Crippen molar-refractivity contribution in [2.45, 2.75) is 13.3 Å². The van der Waals surface area contributed by atoms with Gasteiger partial charge in [0.2, 0.25) is 0 Å². The summed E-state index contributed by atoms with van der Waals surface area (Å²) in [7, 11) is 0. The fourth-order valence-electron chi connectivity index (χ4n) is 4.02. The lowest BCUT2D eigenvalue weighted by Crippen LogP contribution is -2.43. The minimum atomic E-state index is -0.497. The maximum atomic E-state index is 13.0. The van der Waals surface area contributed by atoms with Gasteiger partial charge in [0.25, 0.3) is 17.7 Å². The summed E-state index contributed by atoms with van der Waals surface area (Å²) in [5.74, 6) is -0.224. The zero-order chi connectivity index (χ0) is 25.5. The van der Waals surface area contributed by atoms with E-state index in [0.29, 0.717) is 62.1 Å². The predicted octanol–water partition coefficient (Wildman–Crippen LogP) is 2.51. The molecule has 2 aliphatic rings. The number of benzene rings is 2. The van der Waals surface area contributed by atoms with Gasteiger partial charge in [0.05, 0.1) is 25.5 Å². The van der Waals surface area contributed by atoms with E-state index in [2.05, 4.69) is 12.0 Å². The second-order valence-corrected chi connectivity index (χ2v) is 8.19. The summed E-state index contributed by atoms with van der Waals surface area (Å²) in [6.45, 7) is 7.96. The minimum Gasteiger partial charge on any atom is -0.490 e. The van der Waals surface area contributed by atoms with E-state index in [1.807, 2.05) is 13.0 Å². The highest BCUT2D eigenvalue weighted by atomic mass is 16.5. The van der Waals surface area contributed by atoms with Crippen LogP contribution in [0, 0.1) is 0 Å². The van der Waals surface area contributed by atoms with E-state index in [-0.39, 0.29) is 18.1 Å². The first-order chi connectivity index (χ1) is 17.5. The van der Waals surface area contributed by atoms with E-state index in [4.69, 9.17) is 14.2 Å². The van der Waals surface area contributed by atoms with E-state index in [1.165, 1.54) is 11.1 Å². The van der Waals surface area contributed by atoms with Crippen LogP contribution in [-0.4, -0.2) is 62.1 Å². The van der Waals surface area contributed by atoms with Crippen LogP contribution in [-0.2, 0) is 25.5 Å². The van der Waals surface area contributed by atoms with Crippen molar-refractivity contribution in [2.75, 3.05) is 44.5 Å². The molecule has 3 amide bonds. The van der Waals surface area contributed by atoms with Crippen molar-refractivity contribution in [3.63, 3.8) is 0 Å². The summed E-state index contributed by atoms with van der Waals surface area (Å²) in [6.07, 6.45) is 3.68. The maximum Gasteiger partial charge on any atom is 0.282 e. The fourth-order valence-corrected chi connectivity index (χ4v) is 4.02. The van der Waals surface area contributed by atoms with Crippen LogP contribution in [0.3, 0.4) is 0 Å². The molecule has 0 unspecified atom stereocenters. The predicted molar refractivity (Wildman–Crippen MR) is 134 cm³/mol. The number of anilines is 1. The number of rotatable bonds is 9. The number of nitrogens with one attached hydrogen (secondary N) is 1. The van der Waals surface area contributed by atoms with Crippen LogP contribution in [0.25, 0.3) is 6.08 Å².